The first-order valence-corrected chi connectivity index (χ1v) is 15.1. The lowest BCUT2D eigenvalue weighted by atomic mass is 9.69. The Labute approximate surface area is 206 Å². The number of carbonyl (C=O) groups is 1. The number of nitrogens with one attached hydrogen (secondary N) is 1. The largest absolute Gasteiger partial charge is 0.481 e. The second-order valence-corrected chi connectivity index (χ2v) is 11.0. The molecule has 3 nitrogen and oxygen atoms in total. The summed E-state index contributed by atoms with van der Waals surface area (Å²) in [6.07, 6.45) is 24.0. The summed E-state index contributed by atoms with van der Waals surface area (Å²) in [5.41, 5.74) is 0. The van der Waals surface area contributed by atoms with Crippen LogP contribution < -0.4 is 5.23 Å². The van der Waals surface area contributed by atoms with Gasteiger partial charge in [0.25, 0.3) is 0 Å². The third-order valence-electron chi connectivity index (χ3n) is 6.31. The zero-order valence-electron chi connectivity index (χ0n) is 21.8. The molecule has 189 valence electrons. The van der Waals surface area contributed by atoms with Crippen LogP contribution in [0.3, 0.4) is 0 Å². The smallest absolute Gasteiger partial charge is 0.304 e. The van der Waals surface area contributed by atoms with Crippen LogP contribution in [0.15, 0.2) is 0 Å². The molecule has 0 rings (SSSR count). The number of rotatable bonds is 26. The van der Waals surface area contributed by atoms with Crippen LogP contribution in [0.4, 0.5) is 0 Å². The zero-order chi connectivity index (χ0) is 23.7. The van der Waals surface area contributed by atoms with E-state index in [1.807, 2.05) is 11.8 Å². The summed E-state index contributed by atoms with van der Waals surface area (Å²) in [5, 5.41) is 13.0. The fourth-order valence-electron chi connectivity index (χ4n) is 4.21. The second kappa shape index (κ2) is 25.5. The number of hydrogen-bond donors (Lipinski definition) is 2. The summed E-state index contributed by atoms with van der Waals surface area (Å²) in [5.74, 6) is 1.05. The van der Waals surface area contributed by atoms with Crippen molar-refractivity contribution in [2.24, 2.45) is 0 Å². The molecular formula is C27H55BNO2S. The lowest BCUT2D eigenvalue weighted by Gasteiger charge is -2.20. The number of carboxylic acid groups (broad SMARTS) is 1. The van der Waals surface area contributed by atoms with Crippen molar-refractivity contribution in [1.29, 1.82) is 0 Å². The molecule has 0 bridgehead atoms. The molecule has 0 aromatic rings. The molecule has 2 N–H and O–H groups in total. The molecule has 0 aromatic carbocycles. The highest BCUT2D eigenvalue weighted by Gasteiger charge is 2.16. The molecule has 0 aliphatic carbocycles. The Hall–Kier alpha value is -0.155. The molecule has 0 aromatic heterocycles. The van der Waals surface area contributed by atoms with Gasteiger partial charge in [-0.25, -0.2) is 0 Å². The van der Waals surface area contributed by atoms with Gasteiger partial charge in [0, 0.05) is 5.25 Å². The predicted octanol–water partition coefficient (Wildman–Crippen LogP) is 8.64. The minimum Gasteiger partial charge on any atom is -0.481 e. The van der Waals surface area contributed by atoms with Crippen LogP contribution in [0.25, 0.3) is 0 Å². The van der Waals surface area contributed by atoms with Gasteiger partial charge in [0.15, 0.2) is 0 Å². The van der Waals surface area contributed by atoms with Gasteiger partial charge in [0.1, 0.15) is 0 Å². The van der Waals surface area contributed by atoms with Crippen LogP contribution in [0.2, 0.25) is 5.82 Å². The Morgan fingerprint density at radius 2 is 1.22 bits per heavy atom. The Morgan fingerprint density at radius 1 is 0.750 bits per heavy atom. The molecule has 0 fully saturated rings. The highest BCUT2D eigenvalue weighted by molar-refractivity contribution is 7.99. The third kappa shape index (κ3) is 23.0. The van der Waals surface area contributed by atoms with Crippen molar-refractivity contribution in [2.45, 2.75) is 154 Å². The molecule has 5 heteroatoms. The summed E-state index contributed by atoms with van der Waals surface area (Å²) >= 11 is 1.85. The highest BCUT2D eigenvalue weighted by Crippen LogP contribution is 2.23. The molecule has 1 radical (unpaired) electrons. The van der Waals surface area contributed by atoms with Crippen molar-refractivity contribution in [3.05, 3.63) is 0 Å². The van der Waals surface area contributed by atoms with Crippen molar-refractivity contribution in [1.82, 2.24) is 5.23 Å². The molecule has 0 aliphatic heterocycles. The molecule has 0 aliphatic rings. The Bertz CT molecular complexity index is 398. The van der Waals surface area contributed by atoms with Crippen LogP contribution in [0.1, 0.15) is 143 Å². The minimum atomic E-state index is -0.671. The van der Waals surface area contributed by atoms with E-state index < -0.39 is 5.97 Å². The quantitative estimate of drug-likeness (QED) is 0.0985. The lowest BCUT2D eigenvalue weighted by molar-refractivity contribution is -0.136. The normalized spacial score (nSPS) is 13.2. The van der Waals surface area contributed by atoms with E-state index in [0.717, 1.165) is 12.3 Å². The van der Waals surface area contributed by atoms with Crippen molar-refractivity contribution in [2.75, 3.05) is 12.3 Å². The average molecular weight is 469 g/mol. The fraction of sp³-hybridized carbons (Fsp3) is 0.963. The molecular weight excluding hydrogens is 413 g/mol. The Kier molecular flexibility index (Phi) is 25.3. The van der Waals surface area contributed by atoms with Crippen LogP contribution in [-0.2, 0) is 4.79 Å². The van der Waals surface area contributed by atoms with Gasteiger partial charge in [-0.15, -0.1) is 0 Å². The maximum atomic E-state index is 11.3. The van der Waals surface area contributed by atoms with E-state index in [4.69, 9.17) is 0 Å². The van der Waals surface area contributed by atoms with Gasteiger partial charge in [-0.05, 0) is 18.7 Å². The minimum absolute atomic E-state index is 0.175. The number of thioether (sulfide) groups is 1. The van der Waals surface area contributed by atoms with Crippen LogP contribution in [0, 0.1) is 0 Å². The Morgan fingerprint density at radius 3 is 1.72 bits per heavy atom. The molecule has 0 heterocycles. The molecule has 0 saturated heterocycles. The van der Waals surface area contributed by atoms with E-state index >= 15 is 0 Å². The topological polar surface area (TPSA) is 49.3 Å². The number of unbranched alkanes of at least 4 members (excludes halogenated alkanes) is 13. The molecule has 0 saturated carbocycles. The lowest BCUT2D eigenvalue weighted by Crippen LogP contribution is -2.32. The second-order valence-electron chi connectivity index (χ2n) is 9.60. The maximum absolute atomic E-state index is 11.3. The summed E-state index contributed by atoms with van der Waals surface area (Å²) in [4.78, 5) is 11.3. The maximum Gasteiger partial charge on any atom is 0.304 e. The molecule has 32 heavy (non-hydrogen) atoms. The molecule has 0 amide bonds. The van der Waals surface area contributed by atoms with Gasteiger partial charge >= 0.3 is 5.97 Å². The van der Waals surface area contributed by atoms with E-state index in [9.17, 15) is 9.90 Å². The van der Waals surface area contributed by atoms with Crippen LogP contribution in [0.5, 0.6) is 0 Å². The van der Waals surface area contributed by atoms with Gasteiger partial charge in [0.05, 0.1) is 6.42 Å². The van der Waals surface area contributed by atoms with E-state index in [2.05, 4.69) is 33.4 Å². The predicted molar refractivity (Wildman–Crippen MR) is 146 cm³/mol. The van der Waals surface area contributed by atoms with Crippen molar-refractivity contribution in [3.8, 4) is 0 Å². The van der Waals surface area contributed by atoms with Gasteiger partial charge in [-0.1, -0.05) is 136 Å². The standard InChI is InChI=1S/C27H55BNO2S/c1-4-7-10-13-15-18-21-25(20-17-14-11-8-5-2)28-29-24-26(23-27(30)31)32-22-19-16-12-9-6-3/h25-26,29H,4-24H2,1-3H3,(H,30,31). The monoisotopic (exact) mass is 468 g/mol. The van der Waals surface area contributed by atoms with Crippen molar-refractivity contribution in [3.63, 3.8) is 0 Å². The fourth-order valence-corrected chi connectivity index (χ4v) is 5.39. The van der Waals surface area contributed by atoms with E-state index in [-0.39, 0.29) is 11.7 Å². The van der Waals surface area contributed by atoms with E-state index in [1.165, 1.54) is 116 Å². The van der Waals surface area contributed by atoms with Crippen LogP contribution in [-0.4, -0.2) is 36.0 Å². The van der Waals surface area contributed by atoms with Crippen molar-refractivity contribution >= 4 is 25.1 Å². The first-order valence-electron chi connectivity index (χ1n) is 14.0. The summed E-state index contributed by atoms with van der Waals surface area (Å²) in [6, 6.07) is 0. The Balaban J connectivity index is 4.27. The average Bonchev–Trinajstić information content (AvgIpc) is 2.77. The zero-order valence-corrected chi connectivity index (χ0v) is 22.7. The SMILES string of the molecule is CCCCCCCCC([B]NCC(CC(=O)O)SCCCCCCC)CCCCCCC. The van der Waals surface area contributed by atoms with E-state index in [0.29, 0.717) is 5.82 Å². The van der Waals surface area contributed by atoms with Gasteiger partial charge in [0.2, 0.25) is 7.41 Å². The van der Waals surface area contributed by atoms with Gasteiger partial charge in [-0.2, -0.15) is 11.8 Å². The van der Waals surface area contributed by atoms with Crippen molar-refractivity contribution < 1.29 is 9.90 Å². The third-order valence-corrected chi connectivity index (χ3v) is 7.64. The summed E-state index contributed by atoms with van der Waals surface area (Å²) in [6.45, 7) is 7.58. The highest BCUT2D eigenvalue weighted by atomic mass is 32.2. The number of aliphatic carboxylic acids is 1. The first-order chi connectivity index (χ1) is 15.6. The summed E-state index contributed by atoms with van der Waals surface area (Å²) in [7, 11) is 2.32. The molecule has 0 spiro atoms. The van der Waals surface area contributed by atoms with Crippen LogP contribution >= 0.6 is 11.8 Å². The molecule has 2 unspecified atom stereocenters. The van der Waals surface area contributed by atoms with Gasteiger partial charge < -0.3 is 10.3 Å². The first kappa shape index (κ1) is 31.8. The van der Waals surface area contributed by atoms with Gasteiger partial charge in [-0.3, -0.25) is 4.79 Å². The number of hydrogen-bond acceptors (Lipinski definition) is 3. The van der Waals surface area contributed by atoms with E-state index in [1.54, 1.807) is 0 Å². The summed E-state index contributed by atoms with van der Waals surface area (Å²) < 4.78 is 0. The molecule has 2 atom stereocenters. The number of carboxylic acids is 1.